The highest BCUT2D eigenvalue weighted by molar-refractivity contribution is 5.91. The van der Waals surface area contributed by atoms with E-state index in [1.165, 1.54) is 14.2 Å². The van der Waals surface area contributed by atoms with Crippen molar-refractivity contribution in [2.75, 3.05) is 27.4 Å². The molecule has 1 aliphatic rings. The molecule has 0 fully saturated rings. The molecule has 0 unspecified atom stereocenters. The summed E-state index contributed by atoms with van der Waals surface area (Å²) in [6.07, 6.45) is -1.18. The number of fused-ring (bicyclic) bond motifs is 3. The molecule has 3 amide bonds. The smallest absolute Gasteiger partial charge is 0.407 e. The summed E-state index contributed by atoms with van der Waals surface area (Å²) in [5, 5.41) is 7.65. The Morgan fingerprint density at radius 3 is 2.04 bits per heavy atom. The number of hydrogen-bond donors (Lipinski definition) is 3. The van der Waals surface area contributed by atoms with Crippen LogP contribution in [0.2, 0.25) is 0 Å². The van der Waals surface area contributed by atoms with Gasteiger partial charge in [0.2, 0.25) is 11.8 Å². The molecule has 0 aliphatic heterocycles. The van der Waals surface area contributed by atoms with Crippen LogP contribution in [-0.2, 0) is 30.4 Å². The fraction of sp³-hybridized carbons (Fsp3) is 0.353. The van der Waals surface area contributed by atoms with Crippen LogP contribution in [0.25, 0.3) is 11.1 Å². The molecule has 11 heteroatoms. The Labute approximate surface area is 262 Å². The monoisotopic (exact) mass is 617 g/mol. The van der Waals surface area contributed by atoms with Gasteiger partial charge in [0.05, 0.1) is 20.6 Å². The number of hydrogen-bond acceptors (Lipinski definition) is 8. The second-order valence-electron chi connectivity index (χ2n) is 11.5. The first-order valence-electron chi connectivity index (χ1n) is 14.6. The van der Waals surface area contributed by atoms with Gasteiger partial charge < -0.3 is 34.9 Å². The van der Waals surface area contributed by atoms with Gasteiger partial charge in [0.15, 0.2) is 11.5 Å². The van der Waals surface area contributed by atoms with Crippen LogP contribution in [0.4, 0.5) is 4.79 Å². The molecule has 3 aromatic carbocycles. The maximum Gasteiger partial charge on any atom is 0.407 e. The quantitative estimate of drug-likeness (QED) is 0.258. The minimum Gasteiger partial charge on any atom is -0.493 e. The molecular formula is C34H39N3O8. The van der Waals surface area contributed by atoms with E-state index in [1.54, 1.807) is 39.0 Å². The first-order valence-corrected chi connectivity index (χ1v) is 14.6. The van der Waals surface area contributed by atoms with Crippen LogP contribution in [0.3, 0.4) is 0 Å². The number of amides is 3. The molecule has 0 bridgehead atoms. The van der Waals surface area contributed by atoms with Crippen LogP contribution >= 0.6 is 0 Å². The standard InChI is InChI=1S/C34H39N3O8/c1-34(2,3)45-32(40)27(17-29(38)35-18-21-11-10-16-28(42-4)31(21)43-5)37-30(39)19-36-33(41)44-20-26-24-14-8-6-12-22(24)23-13-7-9-15-25(23)26/h6-16,26-27H,17-20H2,1-5H3,(H,35,38)(H,36,41)(H,37,39)/t27-/m0/s1. The SMILES string of the molecule is COc1cccc(CNC(=O)C[C@H](NC(=O)CNC(=O)OCC2c3ccccc3-c3ccccc32)C(=O)OC(C)(C)C)c1OC. The molecule has 0 radical (unpaired) electrons. The Bertz CT molecular complexity index is 1500. The van der Waals surface area contributed by atoms with Crippen molar-refractivity contribution in [1.82, 2.24) is 16.0 Å². The van der Waals surface area contributed by atoms with Crippen molar-refractivity contribution in [2.24, 2.45) is 0 Å². The Kier molecular flexibility index (Phi) is 10.7. The number of methoxy groups -OCH3 is 2. The average molecular weight is 618 g/mol. The first-order chi connectivity index (χ1) is 21.5. The third-order valence-corrected chi connectivity index (χ3v) is 7.11. The summed E-state index contributed by atoms with van der Waals surface area (Å²) in [5.41, 5.74) is 4.13. The fourth-order valence-electron chi connectivity index (χ4n) is 5.16. The van der Waals surface area contributed by atoms with Crippen LogP contribution in [0, 0.1) is 0 Å². The number of rotatable bonds is 12. The predicted molar refractivity (Wildman–Crippen MR) is 167 cm³/mol. The van der Waals surface area contributed by atoms with E-state index < -0.39 is 48.5 Å². The second kappa shape index (κ2) is 14.6. The van der Waals surface area contributed by atoms with Crippen LogP contribution in [0.5, 0.6) is 11.5 Å². The van der Waals surface area contributed by atoms with Gasteiger partial charge in [-0.3, -0.25) is 9.59 Å². The van der Waals surface area contributed by atoms with E-state index >= 15 is 0 Å². The number of nitrogens with one attached hydrogen (secondary N) is 3. The minimum atomic E-state index is -1.30. The molecule has 1 aliphatic carbocycles. The van der Waals surface area contributed by atoms with Crippen molar-refractivity contribution in [3.8, 4) is 22.6 Å². The van der Waals surface area contributed by atoms with Gasteiger partial charge in [-0.25, -0.2) is 9.59 Å². The summed E-state index contributed by atoms with van der Waals surface area (Å²) in [7, 11) is 3.00. The van der Waals surface area contributed by atoms with Crippen molar-refractivity contribution >= 4 is 23.9 Å². The van der Waals surface area contributed by atoms with Crippen LogP contribution in [0.1, 0.15) is 49.8 Å². The van der Waals surface area contributed by atoms with E-state index in [9.17, 15) is 19.2 Å². The van der Waals surface area contributed by atoms with E-state index in [4.69, 9.17) is 18.9 Å². The molecule has 1 atom stereocenters. The lowest BCUT2D eigenvalue weighted by molar-refractivity contribution is -0.159. The Morgan fingerprint density at radius 2 is 1.44 bits per heavy atom. The highest BCUT2D eigenvalue weighted by Crippen LogP contribution is 2.44. The number of para-hydroxylation sites is 1. The Balaban J connectivity index is 1.32. The highest BCUT2D eigenvalue weighted by atomic mass is 16.6. The molecule has 3 N–H and O–H groups in total. The lowest BCUT2D eigenvalue weighted by atomic mass is 9.98. The number of carbonyl (C=O) groups is 4. The molecule has 0 saturated carbocycles. The third-order valence-electron chi connectivity index (χ3n) is 7.11. The van der Waals surface area contributed by atoms with Crippen molar-refractivity contribution in [1.29, 1.82) is 0 Å². The van der Waals surface area contributed by atoms with Crippen LogP contribution < -0.4 is 25.4 Å². The van der Waals surface area contributed by atoms with E-state index in [2.05, 4.69) is 16.0 Å². The fourth-order valence-corrected chi connectivity index (χ4v) is 5.16. The predicted octanol–water partition coefficient (Wildman–Crippen LogP) is 4.08. The molecule has 11 nitrogen and oxygen atoms in total. The van der Waals surface area contributed by atoms with Gasteiger partial charge in [-0.2, -0.15) is 0 Å². The second-order valence-corrected chi connectivity index (χ2v) is 11.5. The first kappa shape index (κ1) is 32.8. The highest BCUT2D eigenvalue weighted by Gasteiger charge is 2.31. The number of benzene rings is 3. The largest absolute Gasteiger partial charge is 0.493 e. The summed E-state index contributed by atoms with van der Waals surface area (Å²) in [4.78, 5) is 51.1. The lowest BCUT2D eigenvalue weighted by Gasteiger charge is -2.24. The Morgan fingerprint density at radius 1 is 0.800 bits per heavy atom. The summed E-state index contributed by atoms with van der Waals surface area (Å²) < 4.78 is 21.6. The van der Waals surface area contributed by atoms with Crippen LogP contribution in [-0.4, -0.2) is 62.9 Å². The van der Waals surface area contributed by atoms with Crippen molar-refractivity contribution in [3.05, 3.63) is 83.4 Å². The van der Waals surface area contributed by atoms with E-state index in [0.717, 1.165) is 22.3 Å². The van der Waals surface area contributed by atoms with Gasteiger partial charge in [0.25, 0.3) is 0 Å². The molecule has 45 heavy (non-hydrogen) atoms. The van der Waals surface area contributed by atoms with Crippen LogP contribution in [0.15, 0.2) is 66.7 Å². The van der Waals surface area contributed by atoms with E-state index in [-0.39, 0.29) is 19.1 Å². The summed E-state index contributed by atoms with van der Waals surface area (Å²) >= 11 is 0. The number of esters is 1. The molecule has 0 saturated heterocycles. The molecule has 3 aromatic rings. The summed E-state index contributed by atoms with van der Waals surface area (Å²) in [5.74, 6) is -1.15. The molecule has 4 rings (SSSR count). The average Bonchev–Trinajstić information content (AvgIpc) is 3.33. The number of carbonyl (C=O) groups excluding carboxylic acids is 4. The Hall–Kier alpha value is -5.06. The van der Waals surface area contributed by atoms with Crippen molar-refractivity contribution in [3.63, 3.8) is 0 Å². The summed E-state index contributed by atoms with van der Waals surface area (Å²) in [6, 6.07) is 19.9. The molecule has 238 valence electrons. The lowest BCUT2D eigenvalue weighted by Crippen LogP contribution is -2.49. The molecular weight excluding hydrogens is 578 g/mol. The third kappa shape index (κ3) is 8.53. The van der Waals surface area contributed by atoms with Crippen molar-refractivity contribution in [2.45, 2.75) is 51.3 Å². The zero-order valence-electron chi connectivity index (χ0n) is 26.1. The van der Waals surface area contributed by atoms with Gasteiger partial charge in [-0.1, -0.05) is 60.7 Å². The summed E-state index contributed by atoms with van der Waals surface area (Å²) in [6.45, 7) is 4.74. The van der Waals surface area contributed by atoms with Gasteiger partial charge in [0.1, 0.15) is 24.8 Å². The van der Waals surface area contributed by atoms with E-state index in [1.807, 2.05) is 48.5 Å². The minimum absolute atomic E-state index is 0.0836. The maximum atomic E-state index is 12.9. The molecule has 0 heterocycles. The van der Waals surface area contributed by atoms with Crippen molar-refractivity contribution < 1.29 is 38.1 Å². The zero-order valence-corrected chi connectivity index (χ0v) is 26.1. The normalized spacial score (nSPS) is 12.6. The molecule has 0 spiro atoms. The number of ether oxygens (including phenoxy) is 4. The van der Waals surface area contributed by atoms with Gasteiger partial charge in [0, 0.05) is 18.0 Å². The topological polar surface area (TPSA) is 141 Å². The van der Waals surface area contributed by atoms with Gasteiger partial charge in [-0.05, 0) is 49.1 Å². The zero-order chi connectivity index (χ0) is 32.6. The molecule has 0 aromatic heterocycles. The van der Waals surface area contributed by atoms with Gasteiger partial charge in [-0.15, -0.1) is 0 Å². The van der Waals surface area contributed by atoms with E-state index in [0.29, 0.717) is 17.1 Å². The maximum absolute atomic E-state index is 12.9. The van der Waals surface area contributed by atoms with Gasteiger partial charge >= 0.3 is 12.1 Å². The number of alkyl carbamates (subject to hydrolysis) is 1.